The van der Waals surface area contributed by atoms with Crippen LogP contribution >= 0.6 is 0 Å². The summed E-state index contributed by atoms with van der Waals surface area (Å²) in [5.41, 5.74) is -3.53. The minimum Gasteiger partial charge on any atom is -0.426 e. The largest absolute Gasteiger partial charge is 0.426 e. The lowest BCUT2D eigenvalue weighted by Crippen LogP contribution is -2.05. The van der Waals surface area contributed by atoms with Crippen LogP contribution in [0.5, 0.6) is 5.75 Å². The fourth-order valence-electron chi connectivity index (χ4n) is 1.27. The fraction of sp³-hybridized carbons (Fsp3) is 0.125. The highest BCUT2D eigenvalue weighted by molar-refractivity contribution is 5.73. The van der Waals surface area contributed by atoms with Gasteiger partial charge in [-0.25, -0.2) is 0 Å². The zero-order valence-electron chi connectivity index (χ0n) is 9.26. The van der Waals surface area contributed by atoms with E-state index in [2.05, 4.69) is 4.74 Å². The second-order valence-electron chi connectivity index (χ2n) is 3.18. The summed E-state index contributed by atoms with van der Waals surface area (Å²) < 4.78 is 4.46. The Morgan fingerprint density at radius 3 is 1.68 bits per heavy atom. The summed E-state index contributed by atoms with van der Waals surface area (Å²) in [6.07, 6.45) is 0. The third kappa shape index (κ3) is 2.96. The minimum absolute atomic E-state index is 0.517. The highest BCUT2D eigenvalue weighted by atomic mass is 16.6. The van der Waals surface area contributed by atoms with E-state index < -0.39 is 43.6 Å². The minimum atomic E-state index is -1.27. The van der Waals surface area contributed by atoms with E-state index >= 15 is 0 Å². The van der Waals surface area contributed by atoms with E-state index in [9.17, 15) is 35.1 Å². The highest BCUT2D eigenvalue weighted by Gasteiger charge is 2.37. The van der Waals surface area contributed by atoms with Crippen molar-refractivity contribution in [2.75, 3.05) is 0 Å². The van der Waals surface area contributed by atoms with E-state index in [0.29, 0.717) is 12.1 Å². The molecule has 0 N–H and O–H groups in total. The molecule has 0 aliphatic carbocycles. The van der Waals surface area contributed by atoms with E-state index in [1.54, 1.807) is 0 Å². The van der Waals surface area contributed by atoms with Gasteiger partial charge in [0.05, 0.1) is 26.9 Å². The van der Waals surface area contributed by atoms with Gasteiger partial charge in [0, 0.05) is 6.92 Å². The van der Waals surface area contributed by atoms with Crippen LogP contribution in [0.25, 0.3) is 0 Å². The van der Waals surface area contributed by atoms with Crippen LogP contribution < -0.4 is 4.74 Å². The summed E-state index contributed by atoms with van der Waals surface area (Å²) in [7, 11) is 0. The number of carbonyl (C=O) groups is 1. The molecule has 0 fully saturated rings. The van der Waals surface area contributed by atoms with E-state index in [0.717, 1.165) is 6.92 Å². The topological polar surface area (TPSA) is 156 Å². The fourth-order valence-corrected chi connectivity index (χ4v) is 1.27. The van der Waals surface area contributed by atoms with Crippen molar-refractivity contribution < 1.29 is 24.3 Å². The Morgan fingerprint density at radius 2 is 1.42 bits per heavy atom. The molecule has 100 valence electrons. The van der Waals surface area contributed by atoms with Crippen molar-refractivity contribution in [1.82, 2.24) is 0 Å². The monoisotopic (exact) mass is 271 g/mol. The van der Waals surface area contributed by atoms with Crippen LogP contribution in [0.15, 0.2) is 12.1 Å². The molecule has 0 spiro atoms. The number of esters is 1. The Labute approximate surface area is 103 Å². The molecule has 1 aromatic carbocycles. The van der Waals surface area contributed by atoms with Crippen LogP contribution in [0.2, 0.25) is 0 Å². The van der Waals surface area contributed by atoms with Gasteiger partial charge in [0.2, 0.25) is 0 Å². The molecule has 11 nitrogen and oxygen atoms in total. The standard InChI is InChI=1S/C8H5N3O8/c1-4(12)19-5-2-6(9(13)14)8(11(17)18)7(3-5)10(15)16/h2-3H,1H3. The molecule has 0 unspecified atom stereocenters. The Bertz CT molecular complexity index is 561. The number of ether oxygens (including phenoxy) is 1. The molecule has 0 aliphatic heterocycles. The van der Waals surface area contributed by atoms with Crippen molar-refractivity contribution in [3.8, 4) is 5.75 Å². The first kappa shape index (κ1) is 14.0. The molecule has 0 bridgehead atoms. The lowest BCUT2D eigenvalue weighted by atomic mass is 10.2. The van der Waals surface area contributed by atoms with Crippen LogP contribution in [0.4, 0.5) is 17.1 Å². The second kappa shape index (κ2) is 5.03. The van der Waals surface area contributed by atoms with E-state index in [-0.39, 0.29) is 0 Å². The van der Waals surface area contributed by atoms with Crippen LogP contribution in [0, 0.1) is 30.3 Å². The second-order valence-corrected chi connectivity index (χ2v) is 3.18. The Morgan fingerprint density at radius 1 is 1.00 bits per heavy atom. The van der Waals surface area contributed by atoms with Gasteiger partial charge in [-0.05, 0) is 0 Å². The van der Waals surface area contributed by atoms with Crippen molar-refractivity contribution in [3.63, 3.8) is 0 Å². The maximum atomic E-state index is 10.7. The number of rotatable bonds is 4. The molecular weight excluding hydrogens is 266 g/mol. The van der Waals surface area contributed by atoms with Crippen LogP contribution in [-0.2, 0) is 4.79 Å². The average molecular weight is 271 g/mol. The zero-order valence-corrected chi connectivity index (χ0v) is 9.26. The highest BCUT2D eigenvalue weighted by Crippen LogP contribution is 2.39. The smallest absolute Gasteiger partial charge is 0.422 e. The van der Waals surface area contributed by atoms with Gasteiger partial charge < -0.3 is 4.74 Å². The first-order chi connectivity index (χ1) is 8.73. The quantitative estimate of drug-likeness (QED) is 0.343. The SMILES string of the molecule is CC(=O)Oc1cc([N+](=O)[O-])c([N+](=O)[O-])c([N+](=O)[O-])c1. The molecule has 1 aromatic rings. The molecule has 0 atom stereocenters. The first-order valence-corrected chi connectivity index (χ1v) is 4.53. The van der Waals surface area contributed by atoms with Crippen molar-refractivity contribution in [3.05, 3.63) is 42.5 Å². The lowest BCUT2D eigenvalue weighted by molar-refractivity contribution is -0.441. The van der Waals surface area contributed by atoms with Gasteiger partial charge in [0.15, 0.2) is 0 Å². The normalized spacial score (nSPS) is 9.74. The van der Waals surface area contributed by atoms with E-state index in [1.807, 2.05) is 0 Å². The van der Waals surface area contributed by atoms with Gasteiger partial charge in [-0.3, -0.25) is 35.1 Å². The number of carbonyl (C=O) groups excluding carboxylic acids is 1. The Hall–Kier alpha value is -3.11. The zero-order chi connectivity index (χ0) is 14.7. The lowest BCUT2D eigenvalue weighted by Gasteiger charge is -2.02. The third-order valence-corrected chi connectivity index (χ3v) is 1.88. The van der Waals surface area contributed by atoms with Crippen molar-refractivity contribution >= 4 is 23.0 Å². The molecular formula is C8H5N3O8. The van der Waals surface area contributed by atoms with Gasteiger partial charge in [-0.2, -0.15) is 0 Å². The summed E-state index contributed by atoms with van der Waals surface area (Å²) in [5, 5.41) is 32.0. The third-order valence-electron chi connectivity index (χ3n) is 1.88. The van der Waals surface area contributed by atoms with Crippen molar-refractivity contribution in [2.45, 2.75) is 6.92 Å². The Kier molecular flexibility index (Phi) is 3.70. The first-order valence-electron chi connectivity index (χ1n) is 4.53. The summed E-state index contributed by atoms with van der Waals surface area (Å²) in [4.78, 5) is 39.1. The maximum Gasteiger partial charge on any atom is 0.422 e. The predicted octanol–water partition coefficient (Wildman–Crippen LogP) is 1.34. The molecule has 0 radical (unpaired) electrons. The molecule has 0 aromatic heterocycles. The summed E-state index contributed by atoms with van der Waals surface area (Å²) in [6, 6.07) is 1.15. The maximum absolute atomic E-state index is 10.7. The summed E-state index contributed by atoms with van der Waals surface area (Å²) in [5.74, 6) is -1.39. The van der Waals surface area contributed by atoms with Crippen LogP contribution in [0.3, 0.4) is 0 Å². The summed E-state index contributed by atoms with van der Waals surface area (Å²) >= 11 is 0. The molecule has 0 heterocycles. The molecule has 0 amide bonds. The average Bonchev–Trinajstić information content (AvgIpc) is 2.26. The molecule has 0 saturated heterocycles. The van der Waals surface area contributed by atoms with Gasteiger partial charge in [-0.1, -0.05) is 0 Å². The van der Waals surface area contributed by atoms with Crippen molar-refractivity contribution in [2.24, 2.45) is 0 Å². The number of hydrogen-bond acceptors (Lipinski definition) is 8. The number of hydrogen-bond donors (Lipinski definition) is 0. The summed E-state index contributed by atoms with van der Waals surface area (Å²) in [6.45, 7) is 0.971. The van der Waals surface area contributed by atoms with Crippen molar-refractivity contribution in [1.29, 1.82) is 0 Å². The van der Waals surface area contributed by atoms with Gasteiger partial charge in [0.1, 0.15) is 5.75 Å². The van der Waals surface area contributed by atoms with E-state index in [4.69, 9.17) is 0 Å². The predicted molar refractivity (Wildman–Crippen MR) is 57.7 cm³/mol. The van der Waals surface area contributed by atoms with Crippen LogP contribution in [0.1, 0.15) is 6.92 Å². The number of nitro benzene ring substituents is 3. The molecule has 0 saturated carbocycles. The molecule has 19 heavy (non-hydrogen) atoms. The molecule has 11 heteroatoms. The van der Waals surface area contributed by atoms with Gasteiger partial charge >= 0.3 is 23.0 Å². The van der Waals surface area contributed by atoms with Gasteiger partial charge in [-0.15, -0.1) is 0 Å². The molecule has 0 aliphatic rings. The van der Waals surface area contributed by atoms with E-state index in [1.165, 1.54) is 0 Å². The number of nitrogens with zero attached hydrogens (tertiary/aromatic N) is 3. The van der Waals surface area contributed by atoms with Crippen LogP contribution in [-0.4, -0.2) is 20.7 Å². The molecule has 1 rings (SSSR count). The van der Waals surface area contributed by atoms with Gasteiger partial charge in [0.25, 0.3) is 0 Å². The number of benzene rings is 1. The number of nitro groups is 3. The Balaban J connectivity index is 3.62.